The molecule has 29 heavy (non-hydrogen) atoms. The van der Waals surface area contributed by atoms with Crippen molar-refractivity contribution in [3.63, 3.8) is 0 Å². The Morgan fingerprint density at radius 3 is 2.38 bits per heavy atom. The van der Waals surface area contributed by atoms with Crippen molar-refractivity contribution in [2.75, 3.05) is 14.2 Å². The Morgan fingerprint density at radius 1 is 1.07 bits per heavy atom. The Balaban J connectivity index is 1.76. The van der Waals surface area contributed by atoms with Gasteiger partial charge in [0.2, 0.25) is 5.91 Å². The number of hydrogen-bond acceptors (Lipinski definition) is 5. The van der Waals surface area contributed by atoms with Crippen LogP contribution >= 0.6 is 0 Å². The highest BCUT2D eigenvalue weighted by molar-refractivity contribution is 6.08. The predicted octanol–water partition coefficient (Wildman–Crippen LogP) is 2.13. The number of carbonyl (C=O) groups excluding carboxylic acids is 3. The summed E-state index contributed by atoms with van der Waals surface area (Å²) < 4.78 is 10.4. The number of carbonyl (C=O) groups is 3. The van der Waals surface area contributed by atoms with E-state index in [2.05, 4.69) is 10.7 Å². The highest BCUT2D eigenvalue weighted by Crippen LogP contribution is 2.31. The van der Waals surface area contributed by atoms with E-state index in [9.17, 15) is 14.4 Å². The van der Waals surface area contributed by atoms with Crippen molar-refractivity contribution in [1.29, 1.82) is 0 Å². The summed E-state index contributed by atoms with van der Waals surface area (Å²) in [4.78, 5) is 38.0. The number of hydrazine groups is 1. The van der Waals surface area contributed by atoms with Crippen molar-refractivity contribution in [1.82, 2.24) is 15.8 Å². The molecule has 1 atom stereocenters. The molecule has 8 nitrogen and oxygen atoms in total. The third-order valence-corrected chi connectivity index (χ3v) is 4.94. The number of nitrogens with one attached hydrogen (secondary N) is 2. The molecular formula is C21H23N3O5. The van der Waals surface area contributed by atoms with Crippen LogP contribution in [-0.4, -0.2) is 37.1 Å². The smallest absolute Gasteiger partial charge is 0.344 e. The molecular weight excluding hydrogens is 374 g/mol. The summed E-state index contributed by atoms with van der Waals surface area (Å²) >= 11 is 0. The molecule has 0 bridgehead atoms. The minimum atomic E-state index is -1.20. The SMILES string of the molecule is CC[C@]1(c2ccccc2)NC(=O)N(NC(=O)Cc2ccc(OC)c(OC)c2)C1=O. The normalized spacial score (nSPS) is 18.4. The molecule has 2 aromatic rings. The summed E-state index contributed by atoms with van der Waals surface area (Å²) in [7, 11) is 3.03. The minimum absolute atomic E-state index is 0.0398. The topological polar surface area (TPSA) is 97.0 Å². The van der Waals surface area contributed by atoms with Crippen LogP contribution in [0.4, 0.5) is 4.79 Å². The lowest BCUT2D eigenvalue weighted by Gasteiger charge is -2.25. The fourth-order valence-electron chi connectivity index (χ4n) is 3.38. The van der Waals surface area contributed by atoms with Crippen molar-refractivity contribution in [2.24, 2.45) is 0 Å². The maximum absolute atomic E-state index is 13.0. The number of methoxy groups -OCH3 is 2. The third-order valence-electron chi connectivity index (χ3n) is 4.94. The molecule has 0 aliphatic carbocycles. The van der Waals surface area contributed by atoms with E-state index in [1.807, 2.05) is 6.07 Å². The van der Waals surface area contributed by atoms with Crippen molar-refractivity contribution in [2.45, 2.75) is 25.3 Å². The summed E-state index contributed by atoms with van der Waals surface area (Å²) in [6, 6.07) is 13.4. The summed E-state index contributed by atoms with van der Waals surface area (Å²) in [5.74, 6) is 0.0146. The van der Waals surface area contributed by atoms with Gasteiger partial charge in [0.25, 0.3) is 5.91 Å². The molecule has 152 valence electrons. The molecule has 1 aliphatic rings. The van der Waals surface area contributed by atoms with Gasteiger partial charge < -0.3 is 14.8 Å². The Morgan fingerprint density at radius 2 is 1.76 bits per heavy atom. The number of urea groups is 1. The quantitative estimate of drug-likeness (QED) is 0.698. The molecule has 3 rings (SSSR count). The fraction of sp³-hybridized carbons (Fsp3) is 0.286. The number of nitrogens with zero attached hydrogens (tertiary/aromatic N) is 1. The predicted molar refractivity (Wildman–Crippen MR) is 105 cm³/mol. The van der Waals surface area contributed by atoms with Crippen molar-refractivity contribution in [3.05, 3.63) is 59.7 Å². The van der Waals surface area contributed by atoms with E-state index in [1.165, 1.54) is 14.2 Å². The molecule has 2 aromatic carbocycles. The molecule has 0 spiro atoms. The van der Waals surface area contributed by atoms with Gasteiger partial charge in [-0.3, -0.25) is 15.0 Å². The lowest BCUT2D eigenvalue weighted by atomic mass is 9.87. The number of ether oxygens (including phenoxy) is 2. The van der Waals surface area contributed by atoms with Crippen molar-refractivity contribution in [3.8, 4) is 11.5 Å². The second kappa shape index (κ2) is 8.22. The first-order valence-corrected chi connectivity index (χ1v) is 9.17. The summed E-state index contributed by atoms with van der Waals surface area (Å²) in [6.07, 6.45) is 0.311. The second-order valence-electron chi connectivity index (χ2n) is 6.60. The van der Waals surface area contributed by atoms with Gasteiger partial charge in [0.1, 0.15) is 5.54 Å². The lowest BCUT2D eigenvalue weighted by molar-refractivity contribution is -0.139. The van der Waals surface area contributed by atoms with Crippen LogP contribution in [0.25, 0.3) is 0 Å². The standard InChI is InChI=1S/C21H23N3O5/c1-4-21(15-8-6-5-7-9-15)19(26)24(20(27)22-21)23-18(25)13-14-10-11-16(28-2)17(12-14)29-3/h5-12H,4,13H2,1-3H3,(H,22,27)(H,23,25)/t21-/m1/s1. The molecule has 0 saturated carbocycles. The van der Waals surface area contributed by atoms with E-state index < -0.39 is 23.4 Å². The first kappa shape index (κ1) is 20.2. The average molecular weight is 397 g/mol. The molecule has 1 aliphatic heterocycles. The Kier molecular flexibility index (Phi) is 5.72. The summed E-state index contributed by atoms with van der Waals surface area (Å²) in [5.41, 5.74) is 2.53. The van der Waals surface area contributed by atoms with Gasteiger partial charge >= 0.3 is 6.03 Å². The van der Waals surface area contributed by atoms with Crippen LogP contribution in [0.15, 0.2) is 48.5 Å². The van der Waals surface area contributed by atoms with Crippen LogP contribution in [0.2, 0.25) is 0 Å². The zero-order valence-electron chi connectivity index (χ0n) is 16.5. The second-order valence-corrected chi connectivity index (χ2v) is 6.60. The molecule has 1 fully saturated rings. The highest BCUT2D eigenvalue weighted by atomic mass is 16.5. The molecule has 0 aromatic heterocycles. The number of benzene rings is 2. The van der Waals surface area contributed by atoms with E-state index in [4.69, 9.17) is 9.47 Å². The Bertz CT molecular complexity index is 931. The third kappa shape index (κ3) is 3.73. The summed E-state index contributed by atoms with van der Waals surface area (Å²) in [5, 5.41) is 3.47. The van der Waals surface area contributed by atoms with E-state index in [-0.39, 0.29) is 6.42 Å². The molecule has 2 N–H and O–H groups in total. The maximum atomic E-state index is 13.0. The zero-order valence-corrected chi connectivity index (χ0v) is 16.5. The van der Waals surface area contributed by atoms with Crippen LogP contribution in [0.1, 0.15) is 24.5 Å². The van der Waals surface area contributed by atoms with Gasteiger partial charge in [-0.2, -0.15) is 5.01 Å². The average Bonchev–Trinajstić information content (AvgIpc) is 2.99. The number of imide groups is 1. The Hall–Kier alpha value is -3.55. The number of hydrogen-bond donors (Lipinski definition) is 2. The monoisotopic (exact) mass is 397 g/mol. The maximum Gasteiger partial charge on any atom is 0.344 e. The molecule has 8 heteroatoms. The van der Waals surface area contributed by atoms with Crippen molar-refractivity contribution < 1.29 is 23.9 Å². The van der Waals surface area contributed by atoms with Gasteiger partial charge in [0.15, 0.2) is 11.5 Å². The lowest BCUT2D eigenvalue weighted by Crippen LogP contribution is -2.49. The van der Waals surface area contributed by atoms with Gasteiger partial charge in [-0.15, -0.1) is 0 Å². The van der Waals surface area contributed by atoms with E-state index in [0.29, 0.717) is 29.0 Å². The largest absolute Gasteiger partial charge is 0.493 e. The van der Waals surface area contributed by atoms with Crippen LogP contribution in [0, 0.1) is 0 Å². The Labute approximate surface area is 168 Å². The van der Waals surface area contributed by atoms with E-state index in [0.717, 1.165) is 5.01 Å². The minimum Gasteiger partial charge on any atom is -0.493 e. The van der Waals surface area contributed by atoms with Gasteiger partial charge in [-0.1, -0.05) is 43.3 Å². The molecule has 1 heterocycles. The summed E-state index contributed by atoms with van der Waals surface area (Å²) in [6.45, 7) is 1.81. The highest BCUT2D eigenvalue weighted by Gasteiger charge is 2.52. The van der Waals surface area contributed by atoms with Crippen molar-refractivity contribution >= 4 is 17.8 Å². The first-order chi connectivity index (χ1) is 13.9. The molecule has 4 amide bonds. The zero-order chi connectivity index (χ0) is 21.0. The van der Waals surface area contributed by atoms with Gasteiger partial charge in [0.05, 0.1) is 20.6 Å². The van der Waals surface area contributed by atoms with E-state index >= 15 is 0 Å². The number of amides is 4. The fourth-order valence-corrected chi connectivity index (χ4v) is 3.38. The van der Waals surface area contributed by atoms with Gasteiger partial charge in [-0.05, 0) is 29.7 Å². The van der Waals surface area contributed by atoms with Crippen LogP contribution in [-0.2, 0) is 21.5 Å². The number of rotatable bonds is 7. The van der Waals surface area contributed by atoms with Crippen LogP contribution in [0.3, 0.4) is 0 Å². The van der Waals surface area contributed by atoms with Gasteiger partial charge in [-0.25, -0.2) is 4.79 Å². The molecule has 0 radical (unpaired) electrons. The molecule has 1 saturated heterocycles. The van der Waals surface area contributed by atoms with Crippen LogP contribution in [0.5, 0.6) is 11.5 Å². The first-order valence-electron chi connectivity index (χ1n) is 9.17. The molecule has 0 unspecified atom stereocenters. The van der Waals surface area contributed by atoms with E-state index in [1.54, 1.807) is 49.4 Å². The van der Waals surface area contributed by atoms with Crippen LogP contribution < -0.4 is 20.2 Å². The van der Waals surface area contributed by atoms with Gasteiger partial charge in [0, 0.05) is 0 Å².